The Kier molecular flexibility index (Phi) is 5.54. The molecule has 20 heavy (non-hydrogen) atoms. The first-order valence-corrected chi connectivity index (χ1v) is 7.83. The third kappa shape index (κ3) is 4.28. The summed E-state index contributed by atoms with van der Waals surface area (Å²) in [5.41, 5.74) is 3.84. The zero-order chi connectivity index (χ0) is 14.5. The van der Waals surface area contributed by atoms with Crippen molar-refractivity contribution < 1.29 is 5.11 Å². The molecule has 0 aliphatic carbocycles. The van der Waals surface area contributed by atoms with Gasteiger partial charge in [0.1, 0.15) is 0 Å². The molecule has 108 valence electrons. The molecule has 3 nitrogen and oxygen atoms in total. The maximum atomic E-state index is 10.2. The van der Waals surface area contributed by atoms with E-state index in [-0.39, 0.29) is 0 Å². The largest absolute Gasteiger partial charge is 0.388 e. The highest BCUT2D eigenvalue weighted by molar-refractivity contribution is 7.09. The molecule has 0 bridgehead atoms. The minimum absolute atomic E-state index is 0.473. The molecule has 2 rings (SSSR count). The van der Waals surface area contributed by atoms with Gasteiger partial charge in [-0.15, -0.1) is 11.3 Å². The van der Waals surface area contributed by atoms with Gasteiger partial charge in [-0.3, -0.25) is 0 Å². The van der Waals surface area contributed by atoms with E-state index >= 15 is 0 Å². The molecule has 0 saturated carbocycles. The number of hydrogen-bond acceptors (Lipinski definition) is 4. The van der Waals surface area contributed by atoms with Crippen LogP contribution in [0.1, 0.15) is 28.7 Å². The fourth-order valence-corrected chi connectivity index (χ4v) is 3.08. The molecular weight excluding hydrogens is 292 g/mol. The zero-order valence-corrected chi connectivity index (χ0v) is 13.3. The van der Waals surface area contributed by atoms with Gasteiger partial charge in [-0.05, 0) is 38.1 Å². The summed E-state index contributed by atoms with van der Waals surface area (Å²) in [6.45, 7) is 3.73. The first-order chi connectivity index (χ1) is 9.56. The average molecular weight is 311 g/mol. The predicted molar refractivity (Wildman–Crippen MR) is 84.2 cm³/mol. The van der Waals surface area contributed by atoms with Crippen molar-refractivity contribution >= 4 is 22.9 Å². The van der Waals surface area contributed by atoms with Crippen LogP contribution >= 0.6 is 22.9 Å². The number of hydrogen-bond donors (Lipinski definition) is 1. The average Bonchev–Trinajstić information content (AvgIpc) is 2.81. The lowest BCUT2D eigenvalue weighted by Gasteiger charge is -2.18. The summed E-state index contributed by atoms with van der Waals surface area (Å²) in [7, 11) is 2.06. The molecule has 0 spiro atoms. The fraction of sp³-hybridized carbons (Fsp3) is 0.400. The topological polar surface area (TPSA) is 36.4 Å². The van der Waals surface area contributed by atoms with Gasteiger partial charge in [-0.25, -0.2) is 4.98 Å². The van der Waals surface area contributed by atoms with E-state index < -0.39 is 6.10 Å². The molecule has 1 aromatic heterocycles. The maximum Gasteiger partial charge on any atom is 0.0802 e. The molecule has 0 aliphatic heterocycles. The maximum absolute atomic E-state index is 10.2. The van der Waals surface area contributed by atoms with E-state index in [2.05, 4.69) is 16.9 Å². The Morgan fingerprint density at radius 1 is 1.45 bits per heavy atom. The summed E-state index contributed by atoms with van der Waals surface area (Å²) in [6, 6.07) is 7.41. The van der Waals surface area contributed by atoms with Crippen LogP contribution in [0.4, 0.5) is 0 Å². The highest BCUT2D eigenvalue weighted by Gasteiger charge is 2.11. The second kappa shape index (κ2) is 7.18. The standard InChI is InChI=1S/C15H19ClN2OS/c1-11-15(20-10-17-11)9-18(2)7-6-14(19)12-4-3-5-13(16)8-12/h3-5,8,10,14,19H,6-7,9H2,1-2H3. The van der Waals surface area contributed by atoms with Gasteiger partial charge in [0.15, 0.2) is 0 Å². The Balaban J connectivity index is 1.84. The number of rotatable bonds is 6. The van der Waals surface area contributed by atoms with E-state index in [4.69, 9.17) is 11.6 Å². The summed E-state index contributed by atoms with van der Waals surface area (Å²) in [6.07, 6.45) is 0.216. The highest BCUT2D eigenvalue weighted by Crippen LogP contribution is 2.21. The lowest BCUT2D eigenvalue weighted by molar-refractivity contribution is 0.148. The first-order valence-electron chi connectivity index (χ1n) is 6.57. The Morgan fingerprint density at radius 3 is 2.90 bits per heavy atom. The van der Waals surface area contributed by atoms with Gasteiger partial charge in [0.2, 0.25) is 0 Å². The molecule has 0 amide bonds. The van der Waals surface area contributed by atoms with Crippen LogP contribution in [0.25, 0.3) is 0 Å². The second-order valence-corrected chi connectivity index (χ2v) is 6.33. The molecule has 0 radical (unpaired) electrons. The number of aliphatic hydroxyl groups excluding tert-OH is 1. The normalized spacial score (nSPS) is 12.8. The molecule has 5 heteroatoms. The Morgan fingerprint density at radius 2 is 2.25 bits per heavy atom. The number of halogens is 1. The van der Waals surface area contributed by atoms with Gasteiger partial charge in [0, 0.05) is 23.0 Å². The summed E-state index contributed by atoms with van der Waals surface area (Å²) < 4.78 is 0. The highest BCUT2D eigenvalue weighted by atomic mass is 35.5. The van der Waals surface area contributed by atoms with Crippen molar-refractivity contribution in [3.63, 3.8) is 0 Å². The minimum Gasteiger partial charge on any atom is -0.388 e. The van der Waals surface area contributed by atoms with Gasteiger partial charge in [0.25, 0.3) is 0 Å². The van der Waals surface area contributed by atoms with Crippen LogP contribution in [0.3, 0.4) is 0 Å². The lowest BCUT2D eigenvalue weighted by atomic mass is 10.1. The van der Waals surface area contributed by atoms with E-state index in [9.17, 15) is 5.11 Å². The number of aryl methyl sites for hydroxylation is 1. The second-order valence-electron chi connectivity index (χ2n) is 4.96. The third-order valence-electron chi connectivity index (χ3n) is 3.28. The van der Waals surface area contributed by atoms with E-state index in [0.717, 1.165) is 24.3 Å². The van der Waals surface area contributed by atoms with Crippen LogP contribution in [0, 0.1) is 6.92 Å². The van der Waals surface area contributed by atoms with Crippen LogP contribution in [-0.2, 0) is 6.54 Å². The van der Waals surface area contributed by atoms with E-state index in [1.807, 2.05) is 36.7 Å². The van der Waals surface area contributed by atoms with Gasteiger partial charge in [-0.1, -0.05) is 23.7 Å². The van der Waals surface area contributed by atoms with Crippen LogP contribution < -0.4 is 0 Å². The summed E-state index contributed by atoms with van der Waals surface area (Å²) in [5, 5.41) is 10.8. The van der Waals surface area contributed by atoms with Gasteiger partial charge in [0.05, 0.1) is 17.3 Å². The Bertz CT molecular complexity index is 558. The SMILES string of the molecule is Cc1ncsc1CN(C)CCC(O)c1cccc(Cl)c1. The number of thiazole rings is 1. The van der Waals surface area contributed by atoms with E-state index in [1.54, 1.807) is 11.3 Å². The Hall–Kier alpha value is -0.940. The molecular formula is C15H19ClN2OS. The molecule has 1 atom stereocenters. The summed E-state index contributed by atoms with van der Waals surface area (Å²) in [5.74, 6) is 0. The quantitative estimate of drug-likeness (QED) is 0.884. The van der Waals surface area contributed by atoms with Crippen molar-refractivity contribution in [2.75, 3.05) is 13.6 Å². The smallest absolute Gasteiger partial charge is 0.0802 e. The number of benzene rings is 1. The van der Waals surface area contributed by atoms with E-state index in [1.165, 1.54) is 4.88 Å². The number of aromatic nitrogens is 1. The fourth-order valence-electron chi connectivity index (χ4n) is 2.03. The molecule has 0 fully saturated rings. The summed E-state index contributed by atoms with van der Waals surface area (Å²) >= 11 is 7.61. The number of aliphatic hydroxyl groups is 1. The van der Waals surface area contributed by atoms with Crippen molar-refractivity contribution in [3.8, 4) is 0 Å². The number of nitrogens with zero attached hydrogens (tertiary/aromatic N) is 2. The van der Waals surface area contributed by atoms with Crippen molar-refractivity contribution in [1.29, 1.82) is 0 Å². The van der Waals surface area contributed by atoms with Crippen LogP contribution in [-0.4, -0.2) is 28.6 Å². The molecule has 2 aromatic rings. The van der Waals surface area contributed by atoms with Gasteiger partial charge >= 0.3 is 0 Å². The van der Waals surface area contributed by atoms with E-state index in [0.29, 0.717) is 11.4 Å². The van der Waals surface area contributed by atoms with Crippen LogP contribution in [0.5, 0.6) is 0 Å². The van der Waals surface area contributed by atoms with Gasteiger partial charge in [-0.2, -0.15) is 0 Å². The zero-order valence-electron chi connectivity index (χ0n) is 11.7. The predicted octanol–water partition coefficient (Wildman–Crippen LogP) is 3.66. The van der Waals surface area contributed by atoms with Crippen molar-refractivity contribution in [3.05, 3.63) is 50.9 Å². The molecule has 0 aliphatic rings. The molecule has 1 unspecified atom stereocenters. The minimum atomic E-state index is -0.473. The monoisotopic (exact) mass is 310 g/mol. The van der Waals surface area contributed by atoms with Crippen molar-refractivity contribution in [2.45, 2.75) is 26.0 Å². The first kappa shape index (κ1) is 15.4. The lowest BCUT2D eigenvalue weighted by Crippen LogP contribution is -2.20. The van der Waals surface area contributed by atoms with Crippen molar-refractivity contribution in [2.24, 2.45) is 0 Å². The van der Waals surface area contributed by atoms with Crippen LogP contribution in [0.2, 0.25) is 5.02 Å². The van der Waals surface area contributed by atoms with Gasteiger partial charge < -0.3 is 10.0 Å². The van der Waals surface area contributed by atoms with Crippen LogP contribution in [0.15, 0.2) is 29.8 Å². The summed E-state index contributed by atoms with van der Waals surface area (Å²) in [4.78, 5) is 7.73. The third-order valence-corrected chi connectivity index (χ3v) is 4.43. The molecule has 1 aromatic carbocycles. The molecule has 1 heterocycles. The molecule has 1 N–H and O–H groups in total. The Labute approximate surface area is 128 Å². The van der Waals surface area contributed by atoms with Crippen molar-refractivity contribution in [1.82, 2.24) is 9.88 Å². The molecule has 0 saturated heterocycles.